The van der Waals surface area contributed by atoms with Gasteiger partial charge < -0.3 is 4.42 Å². The smallest absolute Gasteiger partial charge is 0.416 e. The molecule has 0 aliphatic heterocycles. The molecule has 0 bridgehead atoms. The highest BCUT2D eigenvalue weighted by molar-refractivity contribution is 7.91. The molecule has 0 radical (unpaired) electrons. The van der Waals surface area contributed by atoms with E-state index >= 15 is 0 Å². The van der Waals surface area contributed by atoms with E-state index in [1.54, 1.807) is 0 Å². The number of fused-ring (bicyclic) bond motifs is 1. The number of pyridine rings is 1. The van der Waals surface area contributed by atoms with E-state index < -0.39 is 27.0 Å². The van der Waals surface area contributed by atoms with E-state index in [2.05, 4.69) is 4.98 Å². The third-order valence-electron chi connectivity index (χ3n) is 3.84. The molecule has 0 N–H and O–H groups in total. The summed E-state index contributed by atoms with van der Waals surface area (Å²) in [6.07, 6.45) is -2.32. The molecule has 1 aromatic carbocycles. The number of hydrogen-bond donors (Lipinski definition) is 0. The van der Waals surface area contributed by atoms with Crippen LogP contribution in [0.3, 0.4) is 0 Å². The molecule has 0 aliphatic carbocycles. The summed E-state index contributed by atoms with van der Waals surface area (Å²) in [6, 6.07) is 5.24. The molecule has 26 heavy (non-hydrogen) atoms. The Morgan fingerprint density at radius 1 is 1.19 bits per heavy atom. The predicted octanol–water partition coefficient (Wildman–Crippen LogP) is 3.67. The van der Waals surface area contributed by atoms with Gasteiger partial charge in [-0.1, -0.05) is 6.92 Å². The van der Waals surface area contributed by atoms with Gasteiger partial charge in [0.1, 0.15) is 11.8 Å². The molecule has 0 aliphatic rings. The number of nitrogens with zero attached hydrogens (tertiary/aromatic N) is 1. The number of halogens is 3. The Balaban J connectivity index is 2.27. The zero-order valence-corrected chi connectivity index (χ0v) is 14.2. The average Bonchev–Trinajstić information content (AvgIpc) is 2.61. The third-order valence-corrected chi connectivity index (χ3v) is 5.60. The van der Waals surface area contributed by atoms with Crippen LogP contribution in [0.15, 0.2) is 56.9 Å². The molecule has 3 rings (SSSR count). The largest absolute Gasteiger partial charge is 0.463 e. The minimum atomic E-state index is -4.57. The van der Waals surface area contributed by atoms with Crippen LogP contribution in [0.4, 0.5) is 13.2 Å². The minimum absolute atomic E-state index is 0.0927. The molecular formula is C17H12F3NO4S. The van der Waals surface area contributed by atoms with Crippen molar-refractivity contribution in [3.8, 4) is 11.3 Å². The van der Waals surface area contributed by atoms with E-state index in [1.807, 2.05) is 0 Å². The molecule has 2 aromatic heterocycles. The van der Waals surface area contributed by atoms with Crippen LogP contribution in [0, 0.1) is 0 Å². The monoisotopic (exact) mass is 383 g/mol. The molecule has 2 heterocycles. The molecular weight excluding hydrogens is 371 g/mol. The van der Waals surface area contributed by atoms with Gasteiger partial charge in [0.25, 0.3) is 0 Å². The fourth-order valence-electron chi connectivity index (χ4n) is 2.47. The van der Waals surface area contributed by atoms with Crippen molar-refractivity contribution in [1.82, 2.24) is 4.98 Å². The van der Waals surface area contributed by atoms with Gasteiger partial charge in [-0.15, -0.1) is 0 Å². The molecule has 0 spiro atoms. The summed E-state index contributed by atoms with van der Waals surface area (Å²) < 4.78 is 68.0. The van der Waals surface area contributed by atoms with E-state index in [0.29, 0.717) is 0 Å². The quantitative estimate of drug-likeness (QED) is 0.690. The van der Waals surface area contributed by atoms with Crippen LogP contribution < -0.4 is 5.43 Å². The van der Waals surface area contributed by atoms with Crippen molar-refractivity contribution in [3.63, 3.8) is 0 Å². The Bertz CT molecular complexity index is 1150. The molecule has 0 unspecified atom stereocenters. The Morgan fingerprint density at radius 3 is 2.58 bits per heavy atom. The van der Waals surface area contributed by atoms with Crippen LogP contribution in [0.1, 0.15) is 12.5 Å². The fraction of sp³-hybridized carbons (Fsp3) is 0.176. The highest BCUT2D eigenvalue weighted by atomic mass is 32.2. The van der Waals surface area contributed by atoms with Gasteiger partial charge in [-0.25, -0.2) is 8.42 Å². The Labute approximate surface area is 146 Å². The lowest BCUT2D eigenvalue weighted by Gasteiger charge is -2.09. The number of benzene rings is 1. The lowest BCUT2D eigenvalue weighted by atomic mass is 10.1. The first-order valence-corrected chi connectivity index (χ1v) is 9.11. The van der Waals surface area contributed by atoms with E-state index in [9.17, 15) is 26.4 Å². The first-order valence-electron chi connectivity index (χ1n) is 7.46. The number of aromatic nitrogens is 1. The third kappa shape index (κ3) is 3.10. The minimum Gasteiger partial charge on any atom is -0.463 e. The molecule has 0 saturated carbocycles. The summed E-state index contributed by atoms with van der Waals surface area (Å²) in [5, 5.41) is -0.0963. The lowest BCUT2D eigenvalue weighted by molar-refractivity contribution is -0.137. The van der Waals surface area contributed by atoms with Gasteiger partial charge in [0.05, 0.1) is 32.9 Å². The van der Waals surface area contributed by atoms with Crippen LogP contribution >= 0.6 is 0 Å². The van der Waals surface area contributed by atoms with Crippen LogP contribution in [0.5, 0.6) is 0 Å². The second kappa shape index (κ2) is 6.24. The zero-order chi connectivity index (χ0) is 19.1. The van der Waals surface area contributed by atoms with Gasteiger partial charge in [0.2, 0.25) is 5.43 Å². The summed E-state index contributed by atoms with van der Waals surface area (Å²) in [6.45, 7) is 1.45. The Kier molecular flexibility index (Phi) is 4.35. The number of hydrogen-bond acceptors (Lipinski definition) is 5. The Hall–Kier alpha value is -2.68. The van der Waals surface area contributed by atoms with Crippen molar-refractivity contribution in [3.05, 3.63) is 58.6 Å². The van der Waals surface area contributed by atoms with Crippen LogP contribution in [-0.2, 0) is 16.0 Å². The van der Waals surface area contributed by atoms with E-state index in [-0.39, 0.29) is 32.9 Å². The number of sulfone groups is 1. The van der Waals surface area contributed by atoms with Gasteiger partial charge in [-0.05, 0) is 30.3 Å². The van der Waals surface area contributed by atoms with Crippen LogP contribution in [0.2, 0.25) is 0 Å². The standard InChI is InChI=1S/C17H12F3NO4S/c1-2-26(23,24)14-4-3-7-21-15(14)12-9-25-13-8-10(17(18,19)20)5-6-11(13)16(12)22/h3-9H,2H2,1H3. The molecule has 0 fully saturated rings. The maximum absolute atomic E-state index is 12.8. The summed E-state index contributed by atoms with van der Waals surface area (Å²) in [5.74, 6) is -0.195. The normalized spacial score (nSPS) is 12.5. The van der Waals surface area contributed by atoms with Crippen molar-refractivity contribution in [2.45, 2.75) is 18.0 Å². The first-order chi connectivity index (χ1) is 12.1. The summed E-state index contributed by atoms with van der Waals surface area (Å²) in [7, 11) is -3.66. The Morgan fingerprint density at radius 2 is 1.92 bits per heavy atom. The van der Waals surface area contributed by atoms with Gasteiger partial charge in [-0.3, -0.25) is 9.78 Å². The molecule has 136 valence electrons. The van der Waals surface area contributed by atoms with Gasteiger partial charge >= 0.3 is 6.18 Å². The first kappa shape index (κ1) is 18.1. The highest BCUT2D eigenvalue weighted by Crippen LogP contribution is 2.32. The van der Waals surface area contributed by atoms with Gasteiger partial charge in [0, 0.05) is 6.20 Å². The van der Waals surface area contributed by atoms with Gasteiger partial charge in [-0.2, -0.15) is 13.2 Å². The van der Waals surface area contributed by atoms with E-state index in [4.69, 9.17) is 4.42 Å². The lowest BCUT2D eigenvalue weighted by Crippen LogP contribution is -2.12. The summed E-state index contributed by atoms with van der Waals surface area (Å²) >= 11 is 0. The van der Waals surface area contributed by atoms with Crippen LogP contribution in [0.25, 0.3) is 22.2 Å². The molecule has 0 amide bonds. The maximum atomic E-state index is 12.8. The predicted molar refractivity (Wildman–Crippen MR) is 88.4 cm³/mol. The second-order valence-corrected chi connectivity index (χ2v) is 7.69. The van der Waals surface area contributed by atoms with Crippen LogP contribution in [-0.4, -0.2) is 19.2 Å². The second-order valence-electron chi connectivity index (χ2n) is 5.44. The van der Waals surface area contributed by atoms with Gasteiger partial charge in [0.15, 0.2) is 9.84 Å². The molecule has 0 atom stereocenters. The number of rotatable bonds is 3. The SMILES string of the molecule is CCS(=O)(=O)c1cccnc1-c1coc2cc(C(F)(F)F)ccc2c1=O. The van der Waals surface area contributed by atoms with E-state index in [0.717, 1.165) is 24.5 Å². The van der Waals surface area contributed by atoms with E-state index in [1.165, 1.54) is 25.3 Å². The molecule has 3 aromatic rings. The molecule has 5 nitrogen and oxygen atoms in total. The number of alkyl halides is 3. The van der Waals surface area contributed by atoms with Crippen molar-refractivity contribution >= 4 is 20.8 Å². The van der Waals surface area contributed by atoms with Crippen molar-refractivity contribution in [2.75, 3.05) is 5.75 Å². The summed E-state index contributed by atoms with van der Waals surface area (Å²) in [5.41, 5.74) is -2.08. The summed E-state index contributed by atoms with van der Waals surface area (Å²) in [4.78, 5) is 16.5. The highest BCUT2D eigenvalue weighted by Gasteiger charge is 2.31. The zero-order valence-electron chi connectivity index (χ0n) is 13.4. The van der Waals surface area contributed by atoms with Crippen molar-refractivity contribution < 1.29 is 26.0 Å². The maximum Gasteiger partial charge on any atom is 0.416 e. The van der Waals surface area contributed by atoms with Crippen molar-refractivity contribution in [2.24, 2.45) is 0 Å². The van der Waals surface area contributed by atoms with Crippen molar-refractivity contribution in [1.29, 1.82) is 0 Å². The molecule has 0 saturated heterocycles. The average molecular weight is 383 g/mol. The molecule has 9 heteroatoms. The fourth-order valence-corrected chi connectivity index (χ4v) is 3.52. The topological polar surface area (TPSA) is 77.2 Å².